The molecule has 1 heterocycles. The van der Waals surface area contributed by atoms with Gasteiger partial charge in [0.05, 0.1) is 5.35 Å². The molecule has 0 atom stereocenters. The second-order valence-electron chi connectivity index (χ2n) is 4.94. The van der Waals surface area contributed by atoms with Crippen LogP contribution in [0.5, 0.6) is 0 Å². The van der Waals surface area contributed by atoms with Gasteiger partial charge in [-0.1, -0.05) is 12.0 Å². The Bertz CT molecular complexity index is 788. The molecule has 1 saturated carbocycles. The van der Waals surface area contributed by atoms with Crippen molar-refractivity contribution in [3.63, 3.8) is 0 Å². The van der Waals surface area contributed by atoms with E-state index in [4.69, 9.17) is 11.5 Å². The summed E-state index contributed by atoms with van der Waals surface area (Å²) in [6, 6.07) is 0.280. The molecular weight excluding hydrogens is 242 g/mol. The molecule has 0 saturated heterocycles. The maximum Gasteiger partial charge on any atom is 0.341 e. The molecule has 3 rings (SSSR count). The topological polar surface area (TPSA) is 59.3 Å². The van der Waals surface area contributed by atoms with Crippen molar-refractivity contribution in [2.24, 2.45) is 0 Å². The molecule has 96 valence electrons. The van der Waals surface area contributed by atoms with Crippen LogP contribution in [0.3, 0.4) is 0 Å². The Balaban J connectivity index is 2.51. The monoisotopic (exact) mass is 255 g/mol. The Hall–Kier alpha value is -2.28. The third-order valence-electron chi connectivity index (χ3n) is 3.64. The van der Waals surface area contributed by atoms with Gasteiger partial charge in [-0.25, -0.2) is 4.79 Å². The van der Waals surface area contributed by atoms with Gasteiger partial charge >= 0.3 is 5.97 Å². The van der Waals surface area contributed by atoms with Gasteiger partial charge in [-0.2, -0.15) is 0 Å². The number of aromatic nitrogens is 1. The highest BCUT2D eigenvalue weighted by molar-refractivity contribution is 5.87. The third-order valence-corrected chi connectivity index (χ3v) is 3.64. The zero-order valence-electron chi connectivity index (χ0n) is 10.3. The Labute approximate surface area is 109 Å². The molecule has 2 aliphatic rings. The van der Waals surface area contributed by atoms with E-state index >= 15 is 0 Å². The van der Waals surface area contributed by atoms with Gasteiger partial charge < -0.3 is 9.67 Å². The number of pyridine rings is 1. The predicted octanol–water partition coefficient (Wildman–Crippen LogP) is 0.240. The molecule has 1 aromatic rings. The van der Waals surface area contributed by atoms with Gasteiger partial charge in [0.2, 0.25) is 5.43 Å². The summed E-state index contributed by atoms with van der Waals surface area (Å²) >= 11 is 0. The summed E-state index contributed by atoms with van der Waals surface area (Å²) in [6.07, 6.45) is 12.2. The van der Waals surface area contributed by atoms with Crippen LogP contribution in [-0.2, 0) is 0 Å². The molecule has 0 radical (unpaired) electrons. The van der Waals surface area contributed by atoms with Gasteiger partial charge in [0, 0.05) is 23.0 Å². The highest BCUT2D eigenvalue weighted by Crippen LogP contribution is 2.33. The van der Waals surface area contributed by atoms with Gasteiger partial charge in [-0.15, -0.1) is 6.42 Å². The van der Waals surface area contributed by atoms with Gasteiger partial charge in [-0.3, -0.25) is 4.79 Å². The summed E-state index contributed by atoms with van der Waals surface area (Å²) in [5, 5.41) is 10.4. The van der Waals surface area contributed by atoms with Gasteiger partial charge in [0.25, 0.3) is 0 Å². The van der Waals surface area contributed by atoms with Crippen molar-refractivity contribution in [1.82, 2.24) is 4.57 Å². The van der Waals surface area contributed by atoms with E-state index in [0.29, 0.717) is 11.6 Å². The van der Waals surface area contributed by atoms with E-state index in [1.807, 2.05) is 10.6 Å². The van der Waals surface area contributed by atoms with Crippen molar-refractivity contribution in [3.8, 4) is 12.3 Å². The van der Waals surface area contributed by atoms with Gasteiger partial charge in [0.1, 0.15) is 5.56 Å². The van der Waals surface area contributed by atoms with E-state index in [2.05, 4.69) is 5.92 Å². The predicted molar refractivity (Wildman–Crippen MR) is 71.1 cm³/mol. The van der Waals surface area contributed by atoms with Crippen molar-refractivity contribution in [2.75, 3.05) is 0 Å². The number of carbonyl (C=O) groups is 1. The quantitative estimate of drug-likeness (QED) is 0.770. The SMILES string of the molecule is C#CC1=c2c(c(=O)c(C(=O)O)cn2C2CC2)=CCC1. The molecule has 0 bridgehead atoms. The third kappa shape index (κ3) is 1.78. The van der Waals surface area contributed by atoms with Crippen LogP contribution in [0.15, 0.2) is 11.0 Å². The Morgan fingerprint density at radius 3 is 2.79 bits per heavy atom. The minimum Gasteiger partial charge on any atom is -0.477 e. The zero-order valence-corrected chi connectivity index (χ0v) is 10.3. The van der Waals surface area contributed by atoms with Crippen LogP contribution in [-0.4, -0.2) is 15.6 Å². The number of carboxylic acids is 1. The van der Waals surface area contributed by atoms with Crippen LogP contribution in [0.25, 0.3) is 11.6 Å². The van der Waals surface area contributed by atoms with E-state index in [9.17, 15) is 9.59 Å². The lowest BCUT2D eigenvalue weighted by molar-refractivity contribution is 0.0694. The van der Waals surface area contributed by atoms with Crippen LogP contribution in [0.2, 0.25) is 0 Å². The molecule has 4 heteroatoms. The highest BCUT2D eigenvalue weighted by Gasteiger charge is 2.27. The molecule has 1 N–H and O–H groups in total. The lowest BCUT2D eigenvalue weighted by atomic mass is 10.0. The number of aromatic carboxylic acids is 1. The molecule has 19 heavy (non-hydrogen) atoms. The fraction of sp³-hybridized carbons (Fsp3) is 0.333. The average Bonchev–Trinajstić information content (AvgIpc) is 3.22. The first-order chi connectivity index (χ1) is 9.13. The molecular formula is C15H13NO3. The number of terminal acetylenes is 1. The Morgan fingerprint density at radius 2 is 2.21 bits per heavy atom. The number of nitrogens with zero attached hydrogens (tertiary/aromatic N) is 1. The van der Waals surface area contributed by atoms with Gasteiger partial charge in [-0.05, 0) is 25.7 Å². The maximum absolute atomic E-state index is 12.2. The first-order valence-electron chi connectivity index (χ1n) is 6.32. The molecule has 1 aromatic heterocycles. The average molecular weight is 255 g/mol. The van der Waals surface area contributed by atoms with Crippen molar-refractivity contribution >= 4 is 17.6 Å². The highest BCUT2D eigenvalue weighted by atomic mass is 16.4. The number of rotatable bonds is 2. The summed E-state index contributed by atoms with van der Waals surface area (Å²) < 4.78 is 1.89. The van der Waals surface area contributed by atoms with Gasteiger partial charge in [0.15, 0.2) is 0 Å². The summed E-state index contributed by atoms with van der Waals surface area (Å²) in [6.45, 7) is 0. The molecule has 4 nitrogen and oxygen atoms in total. The molecule has 0 amide bonds. The largest absolute Gasteiger partial charge is 0.477 e. The van der Waals surface area contributed by atoms with E-state index in [-0.39, 0.29) is 11.6 Å². The lowest BCUT2D eigenvalue weighted by Gasteiger charge is -2.13. The zero-order chi connectivity index (χ0) is 13.6. The maximum atomic E-state index is 12.2. The van der Waals surface area contributed by atoms with Crippen LogP contribution in [0, 0.1) is 12.3 Å². The second-order valence-corrected chi connectivity index (χ2v) is 4.94. The molecule has 0 spiro atoms. The molecule has 2 aliphatic carbocycles. The van der Waals surface area contributed by atoms with Crippen molar-refractivity contribution in [3.05, 3.63) is 32.6 Å². The number of hydrogen-bond donors (Lipinski definition) is 1. The first-order valence-corrected chi connectivity index (χ1v) is 6.32. The van der Waals surface area contributed by atoms with Crippen LogP contribution in [0.4, 0.5) is 0 Å². The normalized spacial score (nSPS) is 17.3. The summed E-state index contributed by atoms with van der Waals surface area (Å²) in [5.74, 6) is 1.47. The fourth-order valence-corrected chi connectivity index (χ4v) is 2.57. The lowest BCUT2D eigenvalue weighted by Crippen LogP contribution is -2.49. The standard InChI is InChI=1S/C15H13NO3/c1-2-9-4-3-5-11-13(9)16(10-6-7-10)8-12(14(11)17)15(18)19/h1,5,8,10H,3-4,6-7H2,(H,18,19). The minimum absolute atomic E-state index is 0.167. The summed E-state index contributed by atoms with van der Waals surface area (Å²) in [5.41, 5.74) is 0.213. The number of hydrogen-bond acceptors (Lipinski definition) is 2. The fourth-order valence-electron chi connectivity index (χ4n) is 2.57. The van der Waals surface area contributed by atoms with E-state index < -0.39 is 11.4 Å². The molecule has 0 unspecified atom stereocenters. The minimum atomic E-state index is -1.18. The summed E-state index contributed by atoms with van der Waals surface area (Å²) in [4.78, 5) is 23.4. The molecule has 0 aromatic carbocycles. The Kier molecular flexibility index (Phi) is 2.56. The second kappa shape index (κ2) is 4.13. The Morgan fingerprint density at radius 1 is 1.47 bits per heavy atom. The van der Waals surface area contributed by atoms with Crippen molar-refractivity contribution in [1.29, 1.82) is 0 Å². The molecule has 1 fully saturated rings. The molecule has 0 aliphatic heterocycles. The van der Waals surface area contributed by atoms with Crippen LogP contribution in [0.1, 0.15) is 42.1 Å². The van der Waals surface area contributed by atoms with E-state index in [0.717, 1.165) is 30.2 Å². The summed E-state index contributed by atoms with van der Waals surface area (Å²) in [7, 11) is 0. The van der Waals surface area contributed by atoms with E-state index in [1.165, 1.54) is 6.20 Å². The van der Waals surface area contributed by atoms with Crippen molar-refractivity contribution in [2.45, 2.75) is 31.7 Å². The number of carboxylic acid groups (broad SMARTS) is 1. The number of fused-ring (bicyclic) bond motifs is 1. The van der Waals surface area contributed by atoms with E-state index in [1.54, 1.807) is 0 Å². The smallest absolute Gasteiger partial charge is 0.341 e. The van der Waals surface area contributed by atoms with Crippen LogP contribution < -0.4 is 16.0 Å². The first kappa shape index (κ1) is 11.8. The van der Waals surface area contributed by atoms with Crippen LogP contribution >= 0.6 is 0 Å². The van der Waals surface area contributed by atoms with Crippen molar-refractivity contribution < 1.29 is 9.90 Å².